The SMILES string of the molecule is CCCSP(=O)(OCC)Oc1ccc(N=Nc2ccc(Cl)cc2)cc1. The summed E-state index contributed by atoms with van der Waals surface area (Å²) in [5.74, 6) is 1.19. The largest absolute Gasteiger partial charge is 0.440 e. The van der Waals surface area contributed by atoms with Crippen LogP contribution in [0.2, 0.25) is 5.02 Å². The zero-order valence-electron chi connectivity index (χ0n) is 14.1. The summed E-state index contributed by atoms with van der Waals surface area (Å²) < 4.78 is 23.5. The van der Waals surface area contributed by atoms with Crippen molar-refractivity contribution >= 4 is 41.2 Å². The molecule has 1 unspecified atom stereocenters. The molecule has 2 aromatic rings. The van der Waals surface area contributed by atoms with E-state index >= 15 is 0 Å². The highest BCUT2D eigenvalue weighted by Gasteiger charge is 2.26. The predicted octanol–water partition coefficient (Wildman–Crippen LogP) is 7.42. The number of azo groups is 1. The van der Waals surface area contributed by atoms with E-state index in [2.05, 4.69) is 10.2 Å². The molecule has 2 rings (SSSR count). The predicted molar refractivity (Wildman–Crippen MR) is 105 cm³/mol. The number of benzene rings is 2. The summed E-state index contributed by atoms with van der Waals surface area (Å²) in [7, 11) is 0. The van der Waals surface area contributed by atoms with Crippen LogP contribution in [-0.2, 0) is 9.09 Å². The van der Waals surface area contributed by atoms with Crippen LogP contribution in [0.4, 0.5) is 11.4 Å². The Morgan fingerprint density at radius 1 is 1.00 bits per heavy atom. The molecule has 0 saturated heterocycles. The van der Waals surface area contributed by atoms with Gasteiger partial charge in [-0.1, -0.05) is 18.5 Å². The first-order valence-electron chi connectivity index (χ1n) is 7.90. The van der Waals surface area contributed by atoms with Crippen molar-refractivity contribution in [3.05, 3.63) is 53.6 Å². The zero-order valence-corrected chi connectivity index (χ0v) is 16.6. The maximum absolute atomic E-state index is 12.6. The Balaban J connectivity index is 2.03. The van der Waals surface area contributed by atoms with Gasteiger partial charge >= 0.3 is 6.80 Å². The van der Waals surface area contributed by atoms with E-state index in [4.69, 9.17) is 20.6 Å². The summed E-state index contributed by atoms with van der Waals surface area (Å²) in [5.41, 5.74) is 1.37. The van der Waals surface area contributed by atoms with Gasteiger partial charge in [-0.25, -0.2) is 4.57 Å². The zero-order chi connectivity index (χ0) is 18.1. The van der Waals surface area contributed by atoms with Crippen molar-refractivity contribution in [2.75, 3.05) is 12.4 Å². The molecule has 1 atom stereocenters. The lowest BCUT2D eigenvalue weighted by Crippen LogP contribution is -1.95. The third-order valence-corrected chi connectivity index (χ3v) is 7.11. The minimum atomic E-state index is -3.19. The van der Waals surface area contributed by atoms with Crippen LogP contribution < -0.4 is 4.52 Å². The highest BCUT2D eigenvalue weighted by atomic mass is 35.5. The number of nitrogens with zero attached hydrogens (tertiary/aromatic N) is 2. The molecular weight excluding hydrogens is 379 g/mol. The Labute approximate surface area is 157 Å². The van der Waals surface area contributed by atoms with Crippen molar-refractivity contribution in [1.29, 1.82) is 0 Å². The molecule has 0 amide bonds. The van der Waals surface area contributed by atoms with Gasteiger partial charge in [0.2, 0.25) is 0 Å². The van der Waals surface area contributed by atoms with Crippen LogP contribution in [0.1, 0.15) is 20.3 Å². The van der Waals surface area contributed by atoms with Gasteiger partial charge in [0.25, 0.3) is 0 Å². The first kappa shape index (κ1) is 20.0. The molecule has 2 aromatic carbocycles. The van der Waals surface area contributed by atoms with Crippen LogP contribution in [0, 0.1) is 0 Å². The third-order valence-electron chi connectivity index (χ3n) is 2.90. The van der Waals surface area contributed by atoms with Crippen LogP contribution in [0.5, 0.6) is 5.75 Å². The van der Waals surface area contributed by atoms with Crippen molar-refractivity contribution in [3.8, 4) is 5.75 Å². The molecule has 25 heavy (non-hydrogen) atoms. The monoisotopic (exact) mass is 398 g/mol. The van der Waals surface area contributed by atoms with Crippen molar-refractivity contribution in [1.82, 2.24) is 0 Å². The molecule has 0 aliphatic heterocycles. The van der Waals surface area contributed by atoms with E-state index in [1.807, 2.05) is 6.92 Å². The number of hydrogen-bond donors (Lipinski definition) is 0. The van der Waals surface area contributed by atoms with Crippen LogP contribution in [0.25, 0.3) is 0 Å². The van der Waals surface area contributed by atoms with Gasteiger partial charge in [0.1, 0.15) is 5.75 Å². The molecule has 134 valence electrons. The first-order valence-corrected chi connectivity index (χ1v) is 11.4. The minimum absolute atomic E-state index is 0.335. The molecule has 5 nitrogen and oxygen atoms in total. The van der Waals surface area contributed by atoms with Gasteiger partial charge in [-0.3, -0.25) is 4.52 Å². The molecule has 0 aliphatic carbocycles. The van der Waals surface area contributed by atoms with E-state index in [9.17, 15) is 4.57 Å². The lowest BCUT2D eigenvalue weighted by atomic mass is 10.3. The fourth-order valence-corrected chi connectivity index (χ4v) is 5.36. The van der Waals surface area contributed by atoms with E-state index < -0.39 is 6.80 Å². The summed E-state index contributed by atoms with van der Waals surface area (Å²) in [4.78, 5) is 0. The first-order chi connectivity index (χ1) is 12.0. The summed E-state index contributed by atoms with van der Waals surface area (Å²) in [6, 6.07) is 14.0. The highest BCUT2D eigenvalue weighted by molar-refractivity contribution is 8.55. The van der Waals surface area contributed by atoms with Crippen LogP contribution >= 0.6 is 29.8 Å². The highest BCUT2D eigenvalue weighted by Crippen LogP contribution is 2.60. The molecule has 8 heteroatoms. The standard InChI is InChI=1S/C17H20ClN2O3PS/c1-3-13-25-24(21,22-4-2)23-17-11-9-16(10-12-17)20-19-15-7-5-14(18)6-8-15/h5-12H,3-4,13H2,1-2H3. The van der Waals surface area contributed by atoms with Crippen molar-refractivity contribution in [3.63, 3.8) is 0 Å². The topological polar surface area (TPSA) is 60.2 Å². The van der Waals surface area contributed by atoms with Crippen molar-refractivity contribution in [2.24, 2.45) is 10.2 Å². The number of hydrogen-bond acceptors (Lipinski definition) is 6. The van der Waals surface area contributed by atoms with Crippen LogP contribution in [0.3, 0.4) is 0 Å². The fraction of sp³-hybridized carbons (Fsp3) is 0.294. The van der Waals surface area contributed by atoms with Gasteiger partial charge in [0.05, 0.1) is 18.0 Å². The molecule has 0 bridgehead atoms. The third kappa shape index (κ3) is 6.83. The molecule has 0 aromatic heterocycles. The van der Waals surface area contributed by atoms with E-state index in [0.29, 0.717) is 34.5 Å². The maximum atomic E-state index is 12.6. The molecule has 0 N–H and O–H groups in total. The molecule has 0 spiro atoms. The smallest absolute Gasteiger partial charge is 0.417 e. The van der Waals surface area contributed by atoms with Gasteiger partial charge in [-0.05, 0) is 73.3 Å². The second-order valence-corrected chi connectivity index (χ2v) is 9.51. The Morgan fingerprint density at radius 3 is 2.08 bits per heavy atom. The van der Waals surface area contributed by atoms with Crippen molar-refractivity contribution in [2.45, 2.75) is 20.3 Å². The Hall–Kier alpha value is -1.33. The summed E-state index contributed by atoms with van der Waals surface area (Å²) in [6.45, 7) is 0.956. The molecule has 0 radical (unpaired) electrons. The second-order valence-electron chi connectivity index (χ2n) is 4.96. The van der Waals surface area contributed by atoms with Gasteiger partial charge in [0, 0.05) is 10.8 Å². The van der Waals surface area contributed by atoms with E-state index in [1.54, 1.807) is 55.5 Å². The van der Waals surface area contributed by atoms with E-state index in [1.165, 1.54) is 11.4 Å². The molecule has 0 fully saturated rings. The number of halogens is 1. The quantitative estimate of drug-likeness (QED) is 0.325. The molecule has 0 saturated carbocycles. The Bertz CT molecular complexity index is 739. The molecule has 0 aliphatic rings. The average Bonchev–Trinajstić information content (AvgIpc) is 2.61. The summed E-state index contributed by atoms with van der Waals surface area (Å²) in [6.07, 6.45) is 0.898. The lowest BCUT2D eigenvalue weighted by Gasteiger charge is -2.17. The fourth-order valence-electron chi connectivity index (χ4n) is 1.78. The summed E-state index contributed by atoms with van der Waals surface area (Å²) >= 11 is 7.05. The van der Waals surface area contributed by atoms with Crippen LogP contribution in [-0.4, -0.2) is 12.4 Å². The normalized spacial score (nSPS) is 13.7. The van der Waals surface area contributed by atoms with Crippen molar-refractivity contribution < 1.29 is 13.6 Å². The molecule has 0 heterocycles. The van der Waals surface area contributed by atoms with E-state index in [0.717, 1.165) is 6.42 Å². The Kier molecular flexibility index (Phi) is 7.97. The van der Waals surface area contributed by atoms with Crippen LogP contribution in [0.15, 0.2) is 58.8 Å². The number of rotatable bonds is 9. The Morgan fingerprint density at radius 2 is 1.56 bits per heavy atom. The maximum Gasteiger partial charge on any atom is 0.440 e. The van der Waals surface area contributed by atoms with Gasteiger partial charge in [0.15, 0.2) is 0 Å². The van der Waals surface area contributed by atoms with E-state index in [-0.39, 0.29) is 0 Å². The van der Waals surface area contributed by atoms with Gasteiger partial charge in [-0.15, -0.1) is 0 Å². The van der Waals surface area contributed by atoms with Gasteiger partial charge < -0.3 is 4.52 Å². The van der Waals surface area contributed by atoms with Gasteiger partial charge in [-0.2, -0.15) is 10.2 Å². The minimum Gasteiger partial charge on any atom is -0.417 e. The molecular formula is C17H20ClN2O3PS. The second kappa shape index (κ2) is 9.97. The lowest BCUT2D eigenvalue weighted by molar-refractivity contribution is 0.296. The average molecular weight is 399 g/mol. The summed E-state index contributed by atoms with van der Waals surface area (Å²) in [5, 5.41) is 8.94.